The number of esters is 1. The number of carbonyl (C=O) groups excluding carboxylic acids is 1. The molecule has 3 nitrogen and oxygen atoms in total. The van der Waals surface area contributed by atoms with Crippen LogP contribution in [0.1, 0.15) is 20.8 Å². The Bertz CT molecular complexity index is 169. The van der Waals surface area contributed by atoms with Crippen LogP contribution >= 0.6 is 0 Å². The van der Waals surface area contributed by atoms with Crippen LogP contribution < -0.4 is 5.73 Å². The average molecular weight is 157 g/mol. The second-order valence-electron chi connectivity index (χ2n) is 2.55. The molecule has 0 aromatic heterocycles. The van der Waals surface area contributed by atoms with Crippen molar-refractivity contribution in [1.82, 2.24) is 0 Å². The second kappa shape index (κ2) is 4.91. The number of allylic oxidation sites excluding steroid dienone is 1. The molecule has 0 atom stereocenters. The average Bonchev–Trinajstić information content (AvgIpc) is 1.98. The second-order valence-corrected chi connectivity index (χ2v) is 2.55. The van der Waals surface area contributed by atoms with Gasteiger partial charge in [-0.15, -0.1) is 0 Å². The molecule has 0 saturated heterocycles. The normalized spacial score (nSPS) is 9.09. The lowest BCUT2D eigenvalue weighted by Gasteiger charge is -2.03. The van der Waals surface area contributed by atoms with Gasteiger partial charge < -0.3 is 10.5 Å². The highest BCUT2D eigenvalue weighted by Crippen LogP contribution is 2.03. The van der Waals surface area contributed by atoms with E-state index in [0.717, 1.165) is 5.57 Å². The summed E-state index contributed by atoms with van der Waals surface area (Å²) in [5, 5.41) is 0. The van der Waals surface area contributed by atoms with Gasteiger partial charge in [-0.05, 0) is 20.8 Å². The zero-order chi connectivity index (χ0) is 8.85. The Morgan fingerprint density at radius 3 is 2.27 bits per heavy atom. The largest absolute Gasteiger partial charge is 0.461 e. The van der Waals surface area contributed by atoms with Crippen molar-refractivity contribution >= 4 is 5.97 Å². The van der Waals surface area contributed by atoms with Crippen molar-refractivity contribution in [2.45, 2.75) is 20.8 Å². The van der Waals surface area contributed by atoms with Crippen LogP contribution in [0.15, 0.2) is 11.1 Å². The fourth-order valence-electron chi connectivity index (χ4n) is 0.464. The van der Waals surface area contributed by atoms with Gasteiger partial charge in [-0.2, -0.15) is 0 Å². The van der Waals surface area contributed by atoms with E-state index in [1.165, 1.54) is 0 Å². The van der Waals surface area contributed by atoms with Crippen molar-refractivity contribution in [3.05, 3.63) is 11.1 Å². The van der Waals surface area contributed by atoms with Crippen LogP contribution in [0.5, 0.6) is 0 Å². The zero-order valence-electron chi connectivity index (χ0n) is 7.31. The first kappa shape index (κ1) is 10.2. The maximum atomic E-state index is 11.0. The van der Waals surface area contributed by atoms with Crippen molar-refractivity contribution in [2.24, 2.45) is 5.73 Å². The molecule has 0 fully saturated rings. The fraction of sp³-hybridized carbons (Fsp3) is 0.625. The highest BCUT2D eigenvalue weighted by molar-refractivity contribution is 5.88. The summed E-state index contributed by atoms with van der Waals surface area (Å²) < 4.78 is 4.79. The highest BCUT2D eigenvalue weighted by Gasteiger charge is 2.05. The monoisotopic (exact) mass is 157 g/mol. The Labute approximate surface area is 67.2 Å². The summed E-state index contributed by atoms with van der Waals surface area (Å²) in [5.74, 6) is -0.268. The zero-order valence-corrected chi connectivity index (χ0v) is 7.31. The smallest absolute Gasteiger partial charge is 0.333 e. The summed E-state index contributed by atoms with van der Waals surface area (Å²) in [6.45, 7) is 6.16. The number of rotatable bonds is 3. The topological polar surface area (TPSA) is 52.3 Å². The van der Waals surface area contributed by atoms with Gasteiger partial charge in [0.25, 0.3) is 0 Å². The first-order valence-electron chi connectivity index (χ1n) is 3.61. The molecule has 0 bridgehead atoms. The molecule has 0 amide bonds. The van der Waals surface area contributed by atoms with Crippen LogP contribution in [-0.4, -0.2) is 19.1 Å². The van der Waals surface area contributed by atoms with Crippen molar-refractivity contribution in [3.63, 3.8) is 0 Å². The highest BCUT2D eigenvalue weighted by atomic mass is 16.5. The van der Waals surface area contributed by atoms with Crippen LogP contribution in [0.2, 0.25) is 0 Å². The van der Waals surface area contributed by atoms with Gasteiger partial charge in [0.15, 0.2) is 0 Å². The third-order valence-electron chi connectivity index (χ3n) is 1.41. The maximum absolute atomic E-state index is 11.0. The Hall–Kier alpha value is -0.830. The van der Waals surface area contributed by atoms with E-state index in [1.54, 1.807) is 6.92 Å². The maximum Gasteiger partial charge on any atom is 0.333 e. The molecule has 0 aliphatic rings. The van der Waals surface area contributed by atoms with Gasteiger partial charge in [0.1, 0.15) is 6.61 Å². The summed E-state index contributed by atoms with van der Waals surface area (Å²) in [6, 6.07) is 0. The van der Waals surface area contributed by atoms with E-state index in [0.29, 0.717) is 18.7 Å². The number of hydrogen-bond donors (Lipinski definition) is 1. The van der Waals surface area contributed by atoms with Crippen LogP contribution in [0.25, 0.3) is 0 Å². The summed E-state index contributed by atoms with van der Waals surface area (Å²) in [6.07, 6.45) is 0. The van der Waals surface area contributed by atoms with E-state index in [9.17, 15) is 4.79 Å². The molecule has 0 radical (unpaired) electrons. The fourth-order valence-corrected chi connectivity index (χ4v) is 0.464. The van der Waals surface area contributed by atoms with Gasteiger partial charge in [-0.1, -0.05) is 5.57 Å². The van der Waals surface area contributed by atoms with Gasteiger partial charge in [-0.25, -0.2) is 4.79 Å². The molecule has 11 heavy (non-hydrogen) atoms. The lowest BCUT2D eigenvalue weighted by atomic mass is 10.2. The molecule has 0 heterocycles. The van der Waals surface area contributed by atoms with Crippen LogP contribution in [0, 0.1) is 0 Å². The Kier molecular flexibility index (Phi) is 4.54. The minimum absolute atomic E-state index is 0.268. The molecule has 0 spiro atoms. The summed E-state index contributed by atoms with van der Waals surface area (Å²) in [4.78, 5) is 11.0. The van der Waals surface area contributed by atoms with Crippen molar-refractivity contribution in [3.8, 4) is 0 Å². The van der Waals surface area contributed by atoms with Crippen LogP contribution in [0.4, 0.5) is 0 Å². The number of ether oxygens (including phenoxy) is 1. The molecule has 0 aliphatic carbocycles. The van der Waals surface area contributed by atoms with Crippen LogP contribution in [0.3, 0.4) is 0 Å². The Morgan fingerprint density at radius 1 is 1.36 bits per heavy atom. The summed E-state index contributed by atoms with van der Waals surface area (Å²) in [7, 11) is 0. The van der Waals surface area contributed by atoms with E-state index >= 15 is 0 Å². The lowest BCUT2D eigenvalue weighted by Crippen LogP contribution is -2.14. The van der Waals surface area contributed by atoms with E-state index < -0.39 is 0 Å². The molecule has 0 saturated carbocycles. The minimum atomic E-state index is -0.268. The van der Waals surface area contributed by atoms with Gasteiger partial charge in [0.05, 0.1) is 0 Å². The van der Waals surface area contributed by atoms with E-state index in [2.05, 4.69) is 0 Å². The summed E-state index contributed by atoms with van der Waals surface area (Å²) >= 11 is 0. The molecule has 0 aliphatic heterocycles. The predicted octanol–water partition coefficient (Wildman–Crippen LogP) is 0.845. The van der Waals surface area contributed by atoms with Crippen molar-refractivity contribution < 1.29 is 9.53 Å². The quantitative estimate of drug-likeness (QED) is 0.488. The minimum Gasteiger partial charge on any atom is -0.461 e. The van der Waals surface area contributed by atoms with Gasteiger partial charge in [0, 0.05) is 12.1 Å². The molecule has 2 N–H and O–H groups in total. The van der Waals surface area contributed by atoms with Gasteiger partial charge in [-0.3, -0.25) is 0 Å². The third-order valence-corrected chi connectivity index (χ3v) is 1.41. The van der Waals surface area contributed by atoms with E-state index in [1.807, 2.05) is 13.8 Å². The first-order valence-corrected chi connectivity index (χ1v) is 3.61. The predicted molar refractivity (Wildman–Crippen MR) is 44.1 cm³/mol. The number of carbonyl (C=O) groups is 1. The molecular formula is C8H15NO2. The lowest BCUT2D eigenvalue weighted by molar-refractivity contribution is -0.138. The van der Waals surface area contributed by atoms with Gasteiger partial charge in [0.2, 0.25) is 0 Å². The van der Waals surface area contributed by atoms with E-state index in [4.69, 9.17) is 10.5 Å². The first-order chi connectivity index (χ1) is 5.09. The molecule has 3 heteroatoms. The molecular weight excluding hydrogens is 142 g/mol. The van der Waals surface area contributed by atoms with Gasteiger partial charge >= 0.3 is 5.97 Å². The van der Waals surface area contributed by atoms with Crippen molar-refractivity contribution in [2.75, 3.05) is 13.2 Å². The molecule has 0 aromatic carbocycles. The third kappa shape index (κ3) is 3.78. The Morgan fingerprint density at radius 2 is 1.91 bits per heavy atom. The van der Waals surface area contributed by atoms with E-state index in [-0.39, 0.29) is 5.97 Å². The number of hydrogen-bond acceptors (Lipinski definition) is 3. The van der Waals surface area contributed by atoms with Crippen molar-refractivity contribution in [1.29, 1.82) is 0 Å². The van der Waals surface area contributed by atoms with Crippen LogP contribution in [-0.2, 0) is 9.53 Å². The summed E-state index contributed by atoms with van der Waals surface area (Å²) in [5.41, 5.74) is 6.80. The molecule has 0 unspecified atom stereocenters. The standard InChI is InChI=1S/C8H15NO2/c1-6(2)7(3)8(10)11-5-4-9/h4-5,9H2,1-3H3. The SMILES string of the molecule is CC(C)=C(C)C(=O)OCCN. The molecule has 64 valence electrons. The Balaban J connectivity index is 3.95. The molecule has 0 aromatic rings. The molecule has 0 rings (SSSR count). The number of nitrogens with two attached hydrogens (primary N) is 1.